The largest absolute Gasteiger partial charge is 0.480 e. The first-order valence-corrected chi connectivity index (χ1v) is 7.44. The number of amides is 3. The van der Waals surface area contributed by atoms with Crippen LogP contribution in [-0.2, 0) is 9.59 Å². The molecule has 1 saturated heterocycles. The molecule has 2 unspecified atom stereocenters. The molecule has 2 N–H and O–H groups in total. The average Bonchev–Trinajstić information content (AvgIpc) is 2.96. The highest BCUT2D eigenvalue weighted by Crippen LogP contribution is 2.10. The third-order valence-corrected chi connectivity index (χ3v) is 3.82. The number of carbonyl (C=O) groups is 3. The molecule has 0 saturated carbocycles. The molecule has 1 fully saturated rings. The molecule has 0 aromatic rings. The number of carboxylic acid groups (broad SMARTS) is 1. The van der Waals surface area contributed by atoms with E-state index in [-0.39, 0.29) is 18.5 Å². The van der Waals surface area contributed by atoms with E-state index in [0.29, 0.717) is 6.42 Å². The van der Waals surface area contributed by atoms with Crippen LogP contribution in [0.25, 0.3) is 0 Å². The second-order valence-corrected chi connectivity index (χ2v) is 5.48. The maximum Gasteiger partial charge on any atom is 0.323 e. The summed E-state index contributed by atoms with van der Waals surface area (Å²) in [6, 6.07) is -1.35. The quantitative estimate of drug-likeness (QED) is 0.762. The van der Waals surface area contributed by atoms with Crippen LogP contribution >= 0.6 is 0 Å². The van der Waals surface area contributed by atoms with Crippen LogP contribution in [0.1, 0.15) is 40.0 Å². The van der Waals surface area contributed by atoms with Gasteiger partial charge in [-0.25, -0.2) is 4.79 Å². The smallest absolute Gasteiger partial charge is 0.323 e. The zero-order chi connectivity index (χ0) is 16.0. The number of urea groups is 1. The van der Waals surface area contributed by atoms with Crippen molar-refractivity contribution in [2.45, 2.75) is 52.1 Å². The van der Waals surface area contributed by atoms with Crippen LogP contribution in [0.2, 0.25) is 0 Å². The molecule has 0 spiro atoms. The molecule has 0 aliphatic carbocycles. The Morgan fingerprint density at radius 2 is 1.81 bits per heavy atom. The van der Waals surface area contributed by atoms with E-state index in [1.807, 2.05) is 6.92 Å². The average molecular weight is 299 g/mol. The molecule has 1 rings (SSSR count). The van der Waals surface area contributed by atoms with Crippen molar-refractivity contribution in [2.24, 2.45) is 0 Å². The van der Waals surface area contributed by atoms with Gasteiger partial charge >= 0.3 is 12.0 Å². The number of carbonyl (C=O) groups excluding carboxylic acids is 2. The topological polar surface area (TPSA) is 90.0 Å². The molecule has 7 heteroatoms. The molecule has 0 aromatic heterocycles. The van der Waals surface area contributed by atoms with Crippen molar-refractivity contribution >= 4 is 17.9 Å². The van der Waals surface area contributed by atoms with Gasteiger partial charge in [-0.05, 0) is 33.1 Å². The van der Waals surface area contributed by atoms with Crippen LogP contribution in [0.5, 0.6) is 0 Å². The van der Waals surface area contributed by atoms with E-state index in [0.717, 1.165) is 25.9 Å². The molecule has 2 atom stereocenters. The van der Waals surface area contributed by atoms with Gasteiger partial charge in [0.2, 0.25) is 5.91 Å². The number of hydrogen-bond donors (Lipinski definition) is 2. The van der Waals surface area contributed by atoms with E-state index in [4.69, 9.17) is 5.11 Å². The Kier molecular flexibility index (Phi) is 6.45. The van der Waals surface area contributed by atoms with Gasteiger partial charge in [-0.2, -0.15) is 0 Å². The number of carboxylic acids is 1. The van der Waals surface area contributed by atoms with Gasteiger partial charge in [-0.1, -0.05) is 6.92 Å². The van der Waals surface area contributed by atoms with E-state index in [1.54, 1.807) is 18.7 Å². The standard InChI is InChI=1S/C14H25N3O4/c1-4-10(2)17(9-12(18)19)14(21)15-11(3)13(20)16-7-5-6-8-16/h10-11H,4-9H2,1-3H3,(H,15,21)(H,18,19). The van der Waals surface area contributed by atoms with Gasteiger partial charge in [-0.15, -0.1) is 0 Å². The highest BCUT2D eigenvalue weighted by molar-refractivity contribution is 5.88. The maximum atomic E-state index is 12.2. The minimum absolute atomic E-state index is 0.111. The second kappa shape index (κ2) is 7.85. The fourth-order valence-electron chi connectivity index (χ4n) is 2.34. The zero-order valence-corrected chi connectivity index (χ0v) is 13.0. The predicted octanol–water partition coefficient (Wildman–Crippen LogP) is 0.892. The summed E-state index contributed by atoms with van der Waals surface area (Å²) in [5.74, 6) is -1.18. The Bertz CT molecular complexity index is 394. The van der Waals surface area contributed by atoms with Gasteiger partial charge in [0.15, 0.2) is 0 Å². The molecule has 0 radical (unpaired) electrons. The summed E-state index contributed by atoms with van der Waals surface area (Å²) in [4.78, 5) is 38.2. The molecule has 3 amide bonds. The number of hydrogen-bond acceptors (Lipinski definition) is 3. The van der Waals surface area contributed by atoms with Crippen molar-refractivity contribution in [3.8, 4) is 0 Å². The van der Waals surface area contributed by atoms with Gasteiger partial charge in [0.1, 0.15) is 12.6 Å². The Hall–Kier alpha value is -1.79. The van der Waals surface area contributed by atoms with Crippen molar-refractivity contribution in [3.05, 3.63) is 0 Å². The molecule has 0 bridgehead atoms. The molecule has 0 aromatic carbocycles. The van der Waals surface area contributed by atoms with E-state index in [2.05, 4.69) is 5.32 Å². The summed E-state index contributed by atoms with van der Waals surface area (Å²) in [6.45, 7) is 6.38. The summed E-state index contributed by atoms with van der Waals surface area (Å²) in [7, 11) is 0. The third-order valence-electron chi connectivity index (χ3n) is 3.82. The van der Waals surface area contributed by atoms with Crippen LogP contribution in [-0.4, -0.2) is 64.5 Å². The van der Waals surface area contributed by atoms with Crippen LogP contribution in [0, 0.1) is 0 Å². The van der Waals surface area contributed by atoms with Gasteiger partial charge in [0.25, 0.3) is 0 Å². The Balaban J connectivity index is 2.62. The molecule has 1 aliphatic heterocycles. The van der Waals surface area contributed by atoms with Crippen LogP contribution in [0.15, 0.2) is 0 Å². The molecule has 120 valence electrons. The first-order valence-electron chi connectivity index (χ1n) is 7.44. The van der Waals surface area contributed by atoms with Gasteiger partial charge in [0, 0.05) is 19.1 Å². The fourth-order valence-corrected chi connectivity index (χ4v) is 2.34. The number of aliphatic carboxylic acids is 1. The molecular weight excluding hydrogens is 274 g/mol. The van der Waals surface area contributed by atoms with Crippen molar-refractivity contribution in [1.82, 2.24) is 15.1 Å². The summed E-state index contributed by atoms with van der Waals surface area (Å²) in [5.41, 5.74) is 0. The van der Waals surface area contributed by atoms with Gasteiger partial charge in [-0.3, -0.25) is 9.59 Å². The zero-order valence-electron chi connectivity index (χ0n) is 13.0. The fraction of sp³-hybridized carbons (Fsp3) is 0.786. The lowest BCUT2D eigenvalue weighted by Crippen LogP contribution is -2.53. The van der Waals surface area contributed by atoms with Crippen LogP contribution in [0.4, 0.5) is 4.79 Å². The lowest BCUT2D eigenvalue weighted by molar-refractivity contribution is -0.138. The van der Waals surface area contributed by atoms with Crippen molar-refractivity contribution < 1.29 is 19.5 Å². The van der Waals surface area contributed by atoms with E-state index in [1.165, 1.54) is 4.90 Å². The number of rotatable bonds is 6. The molecule has 1 heterocycles. The van der Waals surface area contributed by atoms with Gasteiger partial charge < -0.3 is 20.2 Å². The first-order chi connectivity index (χ1) is 9.86. The number of likely N-dealkylation sites (tertiary alicyclic amines) is 1. The van der Waals surface area contributed by atoms with Crippen molar-refractivity contribution in [2.75, 3.05) is 19.6 Å². The van der Waals surface area contributed by atoms with E-state index in [9.17, 15) is 14.4 Å². The summed E-state index contributed by atoms with van der Waals surface area (Å²) >= 11 is 0. The second-order valence-electron chi connectivity index (χ2n) is 5.48. The molecule has 7 nitrogen and oxygen atoms in total. The van der Waals surface area contributed by atoms with Crippen molar-refractivity contribution in [1.29, 1.82) is 0 Å². The summed E-state index contributed by atoms with van der Waals surface area (Å²) < 4.78 is 0. The monoisotopic (exact) mass is 299 g/mol. The SMILES string of the molecule is CCC(C)N(CC(=O)O)C(=O)NC(C)C(=O)N1CCCC1. The normalized spacial score (nSPS) is 17.2. The van der Waals surface area contributed by atoms with E-state index < -0.39 is 18.0 Å². The van der Waals surface area contributed by atoms with Crippen molar-refractivity contribution in [3.63, 3.8) is 0 Å². The Morgan fingerprint density at radius 1 is 1.24 bits per heavy atom. The molecule has 21 heavy (non-hydrogen) atoms. The Labute approximate surface area is 125 Å². The predicted molar refractivity (Wildman–Crippen MR) is 77.9 cm³/mol. The third kappa shape index (κ3) is 4.91. The molecular formula is C14H25N3O4. The van der Waals surface area contributed by atoms with Crippen LogP contribution < -0.4 is 5.32 Å². The summed E-state index contributed by atoms with van der Waals surface area (Å²) in [6.07, 6.45) is 2.63. The lowest BCUT2D eigenvalue weighted by atomic mass is 10.2. The highest BCUT2D eigenvalue weighted by atomic mass is 16.4. The minimum Gasteiger partial charge on any atom is -0.480 e. The highest BCUT2D eigenvalue weighted by Gasteiger charge is 2.28. The number of nitrogens with zero attached hydrogens (tertiary/aromatic N) is 2. The van der Waals surface area contributed by atoms with Gasteiger partial charge in [0.05, 0.1) is 0 Å². The number of nitrogens with one attached hydrogen (secondary N) is 1. The lowest BCUT2D eigenvalue weighted by Gasteiger charge is -2.29. The maximum absolute atomic E-state index is 12.2. The Morgan fingerprint density at radius 3 is 2.29 bits per heavy atom. The summed E-state index contributed by atoms with van der Waals surface area (Å²) in [5, 5.41) is 11.5. The molecule has 1 aliphatic rings. The van der Waals surface area contributed by atoms with E-state index >= 15 is 0 Å². The first kappa shape index (κ1) is 17.3. The van der Waals surface area contributed by atoms with Crippen LogP contribution in [0.3, 0.4) is 0 Å². The minimum atomic E-state index is -1.07.